The zero-order valence-electron chi connectivity index (χ0n) is 12.6. The molecule has 112 valence electrons. The van der Waals surface area contributed by atoms with Crippen molar-refractivity contribution in [1.29, 1.82) is 0 Å². The summed E-state index contributed by atoms with van der Waals surface area (Å²) in [5.41, 5.74) is 2.31. The second-order valence-electron chi connectivity index (χ2n) is 5.18. The molecule has 0 aliphatic rings. The van der Waals surface area contributed by atoms with Gasteiger partial charge in [0.25, 0.3) is 0 Å². The monoisotopic (exact) mass is 303 g/mol. The van der Waals surface area contributed by atoms with Gasteiger partial charge in [-0.25, -0.2) is 4.39 Å². The number of hydrogen-bond acceptors (Lipinski definition) is 2. The van der Waals surface area contributed by atoms with Crippen LogP contribution in [-0.2, 0) is 0 Å². The van der Waals surface area contributed by atoms with E-state index in [0.717, 1.165) is 18.5 Å². The van der Waals surface area contributed by atoms with Crippen LogP contribution in [0.1, 0.15) is 30.5 Å². The van der Waals surface area contributed by atoms with E-state index in [9.17, 15) is 4.39 Å². The van der Waals surface area contributed by atoms with Gasteiger partial charge >= 0.3 is 0 Å². The van der Waals surface area contributed by atoms with Gasteiger partial charge in [-0.2, -0.15) is 11.8 Å². The third kappa shape index (κ3) is 4.87. The first-order chi connectivity index (χ1) is 10.2. The Hall–Kier alpha value is -1.32. The molecule has 0 aliphatic heterocycles. The molecule has 2 aromatic rings. The van der Waals surface area contributed by atoms with E-state index in [2.05, 4.69) is 30.6 Å². The highest BCUT2D eigenvalue weighted by Crippen LogP contribution is 2.22. The molecule has 0 aliphatic carbocycles. The molecule has 0 heterocycles. The first-order valence-corrected chi connectivity index (χ1v) is 8.56. The standard InChI is InChI=1S/C18H22FNS/c1-14(21-2)12-13-20-18(15-6-4-3-5-7-15)16-8-10-17(19)11-9-16/h3-11,14,18,20H,12-13H2,1-2H3. The third-order valence-corrected chi connectivity index (χ3v) is 4.68. The van der Waals surface area contributed by atoms with Gasteiger partial charge in [0.15, 0.2) is 0 Å². The predicted molar refractivity (Wildman–Crippen MR) is 90.3 cm³/mol. The molecule has 0 radical (unpaired) electrons. The lowest BCUT2D eigenvalue weighted by Crippen LogP contribution is -2.25. The van der Waals surface area contributed by atoms with E-state index in [1.807, 2.05) is 42.1 Å². The molecule has 0 fully saturated rings. The fraction of sp³-hybridized carbons (Fsp3) is 0.333. The van der Waals surface area contributed by atoms with Crippen molar-refractivity contribution in [3.63, 3.8) is 0 Å². The molecule has 1 N–H and O–H groups in total. The molecule has 2 aromatic carbocycles. The van der Waals surface area contributed by atoms with Crippen LogP contribution in [0.3, 0.4) is 0 Å². The smallest absolute Gasteiger partial charge is 0.123 e. The van der Waals surface area contributed by atoms with Crippen LogP contribution in [0.5, 0.6) is 0 Å². The van der Waals surface area contributed by atoms with Gasteiger partial charge in [-0.3, -0.25) is 0 Å². The summed E-state index contributed by atoms with van der Waals surface area (Å²) < 4.78 is 13.1. The third-order valence-electron chi connectivity index (χ3n) is 3.64. The lowest BCUT2D eigenvalue weighted by Gasteiger charge is -2.21. The second kappa shape index (κ2) is 8.20. The molecule has 2 unspecified atom stereocenters. The first-order valence-electron chi connectivity index (χ1n) is 7.27. The van der Waals surface area contributed by atoms with Crippen LogP contribution >= 0.6 is 11.8 Å². The van der Waals surface area contributed by atoms with Crippen molar-refractivity contribution in [1.82, 2.24) is 5.32 Å². The molecular formula is C18H22FNS. The summed E-state index contributed by atoms with van der Waals surface area (Å²) in [6.07, 6.45) is 3.25. The lowest BCUT2D eigenvalue weighted by molar-refractivity contribution is 0.579. The van der Waals surface area contributed by atoms with Crippen molar-refractivity contribution >= 4 is 11.8 Å². The molecule has 0 aromatic heterocycles. The van der Waals surface area contributed by atoms with Gasteiger partial charge in [0.05, 0.1) is 6.04 Å². The van der Waals surface area contributed by atoms with Crippen molar-refractivity contribution in [2.24, 2.45) is 0 Å². The van der Waals surface area contributed by atoms with Crippen LogP contribution in [0.25, 0.3) is 0 Å². The summed E-state index contributed by atoms with van der Waals surface area (Å²) >= 11 is 1.88. The Kier molecular flexibility index (Phi) is 6.27. The van der Waals surface area contributed by atoms with Gasteiger partial charge in [-0.15, -0.1) is 0 Å². The fourth-order valence-electron chi connectivity index (χ4n) is 2.28. The Morgan fingerprint density at radius 2 is 1.62 bits per heavy atom. The maximum Gasteiger partial charge on any atom is 0.123 e. The quantitative estimate of drug-likeness (QED) is 0.799. The highest BCUT2D eigenvalue weighted by Gasteiger charge is 2.13. The first kappa shape index (κ1) is 16.1. The second-order valence-corrected chi connectivity index (χ2v) is 6.46. The van der Waals surface area contributed by atoms with Gasteiger partial charge < -0.3 is 5.32 Å². The van der Waals surface area contributed by atoms with E-state index in [1.54, 1.807) is 0 Å². The SMILES string of the molecule is CSC(C)CCNC(c1ccccc1)c1ccc(F)cc1. The maximum absolute atomic E-state index is 13.1. The zero-order chi connectivity index (χ0) is 15.1. The molecule has 0 amide bonds. The average molecular weight is 303 g/mol. The number of benzene rings is 2. The summed E-state index contributed by atoms with van der Waals surface area (Å²) in [5.74, 6) is -0.193. The number of halogens is 1. The van der Waals surface area contributed by atoms with Crippen LogP contribution < -0.4 is 5.32 Å². The summed E-state index contributed by atoms with van der Waals surface area (Å²) in [5, 5.41) is 4.24. The van der Waals surface area contributed by atoms with Crippen LogP contribution in [0.15, 0.2) is 54.6 Å². The minimum atomic E-state index is -0.193. The lowest BCUT2D eigenvalue weighted by atomic mass is 9.98. The fourth-order valence-corrected chi connectivity index (χ4v) is 2.63. The number of rotatable bonds is 7. The van der Waals surface area contributed by atoms with E-state index >= 15 is 0 Å². The Balaban J connectivity index is 2.13. The minimum absolute atomic E-state index is 0.112. The number of hydrogen-bond donors (Lipinski definition) is 1. The molecule has 0 spiro atoms. The van der Waals surface area contributed by atoms with E-state index < -0.39 is 0 Å². The maximum atomic E-state index is 13.1. The van der Waals surface area contributed by atoms with Gasteiger partial charge in [-0.1, -0.05) is 49.4 Å². The van der Waals surface area contributed by atoms with E-state index in [-0.39, 0.29) is 11.9 Å². The summed E-state index contributed by atoms with van der Waals surface area (Å²) in [4.78, 5) is 0. The van der Waals surface area contributed by atoms with Crippen molar-refractivity contribution in [3.05, 3.63) is 71.5 Å². The van der Waals surface area contributed by atoms with Gasteiger partial charge in [0, 0.05) is 5.25 Å². The Morgan fingerprint density at radius 1 is 1.00 bits per heavy atom. The minimum Gasteiger partial charge on any atom is -0.306 e. The van der Waals surface area contributed by atoms with E-state index in [1.165, 1.54) is 17.7 Å². The Morgan fingerprint density at radius 3 is 2.24 bits per heavy atom. The molecule has 1 nitrogen and oxygen atoms in total. The van der Waals surface area contributed by atoms with Crippen LogP contribution in [0.2, 0.25) is 0 Å². The number of nitrogens with one attached hydrogen (secondary N) is 1. The van der Waals surface area contributed by atoms with Gasteiger partial charge in [0.1, 0.15) is 5.82 Å². The summed E-state index contributed by atoms with van der Waals surface area (Å²) in [6, 6.07) is 17.2. The van der Waals surface area contributed by atoms with E-state index in [4.69, 9.17) is 0 Å². The highest BCUT2D eigenvalue weighted by molar-refractivity contribution is 7.99. The van der Waals surface area contributed by atoms with E-state index in [0.29, 0.717) is 5.25 Å². The van der Waals surface area contributed by atoms with Crippen molar-refractivity contribution in [2.45, 2.75) is 24.6 Å². The topological polar surface area (TPSA) is 12.0 Å². The largest absolute Gasteiger partial charge is 0.306 e. The average Bonchev–Trinajstić information content (AvgIpc) is 2.53. The highest BCUT2D eigenvalue weighted by atomic mass is 32.2. The predicted octanol–water partition coefficient (Wildman–Crippen LogP) is 4.65. The van der Waals surface area contributed by atoms with Crippen LogP contribution in [-0.4, -0.2) is 18.1 Å². The van der Waals surface area contributed by atoms with Crippen molar-refractivity contribution in [3.8, 4) is 0 Å². The molecule has 2 rings (SSSR count). The number of thioether (sulfide) groups is 1. The molecule has 2 atom stereocenters. The van der Waals surface area contributed by atoms with Gasteiger partial charge in [0.2, 0.25) is 0 Å². The molecular weight excluding hydrogens is 281 g/mol. The molecule has 21 heavy (non-hydrogen) atoms. The molecule has 0 saturated heterocycles. The Labute approximate surface area is 131 Å². The zero-order valence-corrected chi connectivity index (χ0v) is 13.4. The van der Waals surface area contributed by atoms with Crippen molar-refractivity contribution < 1.29 is 4.39 Å². The van der Waals surface area contributed by atoms with Gasteiger partial charge in [-0.05, 0) is 42.5 Å². The summed E-state index contributed by atoms with van der Waals surface area (Å²) in [6.45, 7) is 3.18. The Bertz CT molecular complexity index is 527. The molecule has 0 saturated carbocycles. The molecule has 0 bridgehead atoms. The summed E-state index contributed by atoms with van der Waals surface area (Å²) in [7, 11) is 0. The normalized spacial score (nSPS) is 13.9. The molecule has 3 heteroatoms. The van der Waals surface area contributed by atoms with Crippen molar-refractivity contribution in [2.75, 3.05) is 12.8 Å². The van der Waals surface area contributed by atoms with Crippen LogP contribution in [0.4, 0.5) is 4.39 Å². The van der Waals surface area contributed by atoms with Crippen LogP contribution in [0, 0.1) is 5.82 Å².